The highest BCUT2D eigenvalue weighted by Gasteiger charge is 2.44. The van der Waals surface area contributed by atoms with Crippen LogP contribution in [0.25, 0.3) is 0 Å². The van der Waals surface area contributed by atoms with Crippen LogP contribution >= 0.6 is 11.6 Å². The highest BCUT2D eigenvalue weighted by molar-refractivity contribution is 7.90. The summed E-state index contributed by atoms with van der Waals surface area (Å²) in [6.45, 7) is 0. The summed E-state index contributed by atoms with van der Waals surface area (Å²) >= 11 is 6.06. The topological polar surface area (TPSA) is 83.5 Å². The van der Waals surface area contributed by atoms with Crippen LogP contribution in [-0.2, 0) is 16.0 Å². The van der Waals surface area contributed by atoms with E-state index < -0.39 is 66.6 Å². The fourth-order valence-corrected chi connectivity index (χ4v) is 5.13. The number of hydrogen-bond acceptors (Lipinski definition) is 4. The van der Waals surface area contributed by atoms with Crippen molar-refractivity contribution in [1.82, 2.24) is 5.32 Å². The summed E-state index contributed by atoms with van der Waals surface area (Å²) in [6, 6.07) is 3.72. The van der Waals surface area contributed by atoms with Crippen LogP contribution in [0.15, 0.2) is 41.3 Å². The normalized spacial score (nSPS) is 22.3. The molecule has 3 rings (SSSR count). The number of amides is 1. The van der Waals surface area contributed by atoms with Crippen LogP contribution in [0, 0.1) is 5.82 Å². The van der Waals surface area contributed by atoms with E-state index in [4.69, 9.17) is 11.6 Å². The van der Waals surface area contributed by atoms with Gasteiger partial charge in [0.15, 0.2) is 9.84 Å². The van der Waals surface area contributed by atoms with Gasteiger partial charge < -0.3 is 10.4 Å². The number of nitrogens with one attached hydrogen (secondary N) is 1. The first-order valence-electron chi connectivity index (χ1n) is 10.2. The second-order valence-electron chi connectivity index (χ2n) is 8.31. The van der Waals surface area contributed by atoms with Gasteiger partial charge in [-0.05, 0) is 55.5 Å². The number of alkyl halides is 4. The molecule has 0 aliphatic heterocycles. The molecule has 1 saturated carbocycles. The Morgan fingerprint density at radius 2 is 1.82 bits per heavy atom. The average Bonchev–Trinajstić information content (AvgIpc) is 2.74. The average molecular weight is 526 g/mol. The third kappa shape index (κ3) is 5.52. The van der Waals surface area contributed by atoms with E-state index >= 15 is 0 Å². The van der Waals surface area contributed by atoms with Crippen molar-refractivity contribution in [3.05, 3.63) is 63.9 Å². The second kappa shape index (κ2) is 9.43. The van der Waals surface area contributed by atoms with E-state index in [0.29, 0.717) is 18.2 Å². The maximum Gasteiger partial charge on any atom is 0.416 e. The van der Waals surface area contributed by atoms with Crippen LogP contribution in [0.4, 0.5) is 22.0 Å². The van der Waals surface area contributed by atoms with Gasteiger partial charge in [0.05, 0.1) is 32.7 Å². The maximum atomic E-state index is 14.2. The van der Waals surface area contributed by atoms with Gasteiger partial charge in [0.25, 0.3) is 5.91 Å². The van der Waals surface area contributed by atoms with E-state index in [-0.39, 0.29) is 31.2 Å². The molecule has 1 aliphatic rings. The fraction of sp³-hybridized carbons (Fsp3) is 0.409. The van der Waals surface area contributed by atoms with Gasteiger partial charge >= 0.3 is 6.18 Å². The molecule has 1 fully saturated rings. The zero-order valence-electron chi connectivity index (χ0n) is 17.8. The molecule has 5 nitrogen and oxygen atoms in total. The molecule has 0 saturated heterocycles. The molecule has 186 valence electrons. The van der Waals surface area contributed by atoms with Gasteiger partial charge in [-0.1, -0.05) is 23.7 Å². The number of benzene rings is 2. The lowest BCUT2D eigenvalue weighted by atomic mass is 9.76. The van der Waals surface area contributed by atoms with Gasteiger partial charge in [0, 0.05) is 6.26 Å². The standard InChI is InChI=1S/C22H21ClF5NO4S/c1-34(32,33)17-6-5-12(22(26,27)28)11-15(17)20(30)29-19(14-3-2-4-16(25)18(14)23)21(31)9-7-13(24)8-10-21/h2-6,11,13,19,31H,7-10H2,1H3,(H,29,30). The molecule has 1 atom stereocenters. The van der Waals surface area contributed by atoms with Gasteiger partial charge in [-0.15, -0.1) is 0 Å². The summed E-state index contributed by atoms with van der Waals surface area (Å²) in [5.41, 5.74) is -3.97. The van der Waals surface area contributed by atoms with Crippen molar-refractivity contribution in [3.8, 4) is 0 Å². The van der Waals surface area contributed by atoms with Gasteiger partial charge in [-0.2, -0.15) is 13.2 Å². The molecule has 0 radical (unpaired) electrons. The lowest BCUT2D eigenvalue weighted by molar-refractivity contribution is -0.137. The lowest BCUT2D eigenvalue weighted by Crippen LogP contribution is -2.49. The Morgan fingerprint density at radius 1 is 1.21 bits per heavy atom. The molecule has 1 unspecified atom stereocenters. The van der Waals surface area contributed by atoms with Crippen molar-refractivity contribution in [1.29, 1.82) is 0 Å². The third-order valence-corrected chi connectivity index (χ3v) is 7.39. The molecule has 2 aromatic carbocycles. The van der Waals surface area contributed by atoms with Crippen LogP contribution in [0.3, 0.4) is 0 Å². The zero-order chi connectivity index (χ0) is 25.5. The minimum absolute atomic E-state index is 0.0754. The Bertz CT molecular complexity index is 1190. The predicted octanol–water partition coefficient (Wildman–Crippen LogP) is 5.02. The van der Waals surface area contributed by atoms with Crippen LogP contribution < -0.4 is 5.32 Å². The summed E-state index contributed by atoms with van der Waals surface area (Å²) in [5, 5.41) is 13.2. The van der Waals surface area contributed by atoms with Crippen LogP contribution in [0.1, 0.15) is 53.2 Å². The highest BCUT2D eigenvalue weighted by atomic mass is 35.5. The summed E-state index contributed by atoms with van der Waals surface area (Å²) in [5.74, 6) is -2.13. The molecule has 0 aromatic heterocycles. The fourth-order valence-electron chi connectivity index (χ4n) is 4.03. The zero-order valence-corrected chi connectivity index (χ0v) is 19.4. The molecular weight excluding hydrogens is 505 g/mol. The summed E-state index contributed by atoms with van der Waals surface area (Å²) in [6.07, 6.45) is -5.82. The number of aliphatic hydroxyl groups is 1. The van der Waals surface area contributed by atoms with Gasteiger partial charge in [0.2, 0.25) is 0 Å². The Morgan fingerprint density at radius 3 is 2.38 bits per heavy atom. The van der Waals surface area contributed by atoms with E-state index in [1.807, 2.05) is 0 Å². The minimum atomic E-state index is -4.87. The highest BCUT2D eigenvalue weighted by Crippen LogP contribution is 2.42. The lowest BCUT2D eigenvalue weighted by Gasteiger charge is -2.41. The Kier molecular flexibility index (Phi) is 7.31. The Labute approximate surface area is 197 Å². The van der Waals surface area contributed by atoms with Crippen LogP contribution in [0.2, 0.25) is 5.02 Å². The summed E-state index contributed by atoms with van der Waals surface area (Å²) in [4.78, 5) is 12.5. The number of halogens is 6. The van der Waals surface area contributed by atoms with E-state index in [1.165, 1.54) is 12.1 Å². The van der Waals surface area contributed by atoms with Gasteiger partial charge in [-0.25, -0.2) is 17.2 Å². The van der Waals surface area contributed by atoms with Crippen LogP contribution in [-0.4, -0.2) is 37.5 Å². The van der Waals surface area contributed by atoms with Crippen molar-refractivity contribution < 1.29 is 40.3 Å². The maximum absolute atomic E-state index is 14.2. The third-order valence-electron chi connectivity index (χ3n) is 5.84. The summed E-state index contributed by atoms with van der Waals surface area (Å²) < 4.78 is 92.0. The Balaban J connectivity index is 2.12. The largest absolute Gasteiger partial charge is 0.416 e. The van der Waals surface area contributed by atoms with E-state index in [0.717, 1.165) is 12.3 Å². The molecule has 12 heteroatoms. The van der Waals surface area contributed by atoms with E-state index in [2.05, 4.69) is 5.32 Å². The molecule has 0 heterocycles. The van der Waals surface area contributed by atoms with E-state index in [9.17, 15) is 40.3 Å². The predicted molar refractivity (Wildman–Crippen MR) is 114 cm³/mol. The second-order valence-corrected chi connectivity index (χ2v) is 10.7. The molecule has 34 heavy (non-hydrogen) atoms. The SMILES string of the molecule is CS(=O)(=O)c1ccc(C(F)(F)F)cc1C(=O)NC(c1cccc(F)c1Cl)C1(O)CCC(F)CC1. The van der Waals surface area contributed by atoms with Crippen molar-refractivity contribution in [2.45, 2.75) is 54.6 Å². The number of sulfone groups is 1. The first-order valence-corrected chi connectivity index (χ1v) is 12.4. The van der Waals surface area contributed by atoms with Gasteiger partial charge in [-0.3, -0.25) is 4.79 Å². The Hall–Kier alpha value is -2.24. The molecule has 1 amide bonds. The summed E-state index contributed by atoms with van der Waals surface area (Å²) in [7, 11) is -4.13. The monoisotopic (exact) mass is 525 g/mol. The number of rotatable bonds is 5. The minimum Gasteiger partial charge on any atom is -0.387 e. The molecular formula is C22H21ClF5NO4S. The first kappa shape index (κ1) is 26.4. The van der Waals surface area contributed by atoms with Crippen molar-refractivity contribution in [3.63, 3.8) is 0 Å². The van der Waals surface area contributed by atoms with Crippen molar-refractivity contribution in [2.24, 2.45) is 0 Å². The van der Waals surface area contributed by atoms with E-state index in [1.54, 1.807) is 0 Å². The van der Waals surface area contributed by atoms with Gasteiger partial charge in [0.1, 0.15) is 12.0 Å². The molecule has 2 aromatic rings. The quantitative estimate of drug-likeness (QED) is 0.537. The molecule has 2 N–H and O–H groups in total. The molecule has 1 aliphatic carbocycles. The molecule has 0 spiro atoms. The number of carbonyl (C=O) groups excluding carboxylic acids is 1. The number of carbonyl (C=O) groups is 1. The number of hydrogen-bond donors (Lipinski definition) is 2. The van der Waals surface area contributed by atoms with Crippen LogP contribution in [0.5, 0.6) is 0 Å². The smallest absolute Gasteiger partial charge is 0.387 e. The van der Waals surface area contributed by atoms with Crippen molar-refractivity contribution >= 4 is 27.3 Å². The first-order chi connectivity index (χ1) is 15.6. The van der Waals surface area contributed by atoms with Crippen molar-refractivity contribution in [2.75, 3.05) is 6.26 Å². The molecule has 0 bridgehead atoms.